The van der Waals surface area contributed by atoms with E-state index in [0.29, 0.717) is 17.8 Å². The van der Waals surface area contributed by atoms with Crippen LogP contribution < -0.4 is 0 Å². The van der Waals surface area contributed by atoms with Gasteiger partial charge >= 0.3 is 23.9 Å². The predicted octanol–water partition coefficient (Wildman–Crippen LogP) is 6.14. The summed E-state index contributed by atoms with van der Waals surface area (Å²) >= 11 is 0. The first-order valence-electron chi connectivity index (χ1n) is 13.2. The fraction of sp³-hybridized carbons (Fsp3) is 0.724. The lowest BCUT2D eigenvalue weighted by molar-refractivity contribution is -0.168. The number of hydrogen-bond donors (Lipinski definition) is 0. The highest BCUT2D eigenvalue weighted by Crippen LogP contribution is 2.26. The second-order valence-corrected chi connectivity index (χ2v) is 10.5. The van der Waals surface area contributed by atoms with Crippen molar-refractivity contribution in [1.29, 1.82) is 0 Å². The SMILES string of the molecule is CCC(C)CC(C)CC(C)CC(C)/C=C(C)/C=C(/CC(C)C(=O)OCOC(C)=O)C(=O)OCOC(C)=O. The summed E-state index contributed by atoms with van der Waals surface area (Å²) in [5.41, 5.74) is 1.12. The molecule has 5 unspecified atom stereocenters. The van der Waals surface area contributed by atoms with E-state index in [-0.39, 0.29) is 12.0 Å². The topological polar surface area (TPSA) is 105 Å². The number of esters is 4. The van der Waals surface area contributed by atoms with Gasteiger partial charge < -0.3 is 18.9 Å². The summed E-state index contributed by atoms with van der Waals surface area (Å²) in [6, 6.07) is 0. The third-order valence-corrected chi connectivity index (χ3v) is 6.14. The lowest BCUT2D eigenvalue weighted by Crippen LogP contribution is -2.21. The normalized spacial score (nSPS) is 16.1. The van der Waals surface area contributed by atoms with Crippen molar-refractivity contribution < 1.29 is 38.1 Å². The van der Waals surface area contributed by atoms with E-state index in [9.17, 15) is 19.2 Å². The van der Waals surface area contributed by atoms with Crippen LogP contribution in [0.5, 0.6) is 0 Å². The van der Waals surface area contributed by atoms with Crippen molar-refractivity contribution in [3.8, 4) is 0 Å². The number of carbonyl (C=O) groups is 4. The van der Waals surface area contributed by atoms with Crippen molar-refractivity contribution in [3.63, 3.8) is 0 Å². The van der Waals surface area contributed by atoms with Crippen LogP contribution in [0.3, 0.4) is 0 Å². The van der Waals surface area contributed by atoms with Gasteiger partial charge in [0, 0.05) is 19.4 Å². The van der Waals surface area contributed by atoms with Crippen molar-refractivity contribution in [2.45, 2.75) is 94.4 Å². The second kappa shape index (κ2) is 18.6. The fourth-order valence-corrected chi connectivity index (χ4v) is 4.39. The van der Waals surface area contributed by atoms with Gasteiger partial charge in [-0.25, -0.2) is 4.79 Å². The zero-order chi connectivity index (χ0) is 28.5. The molecule has 0 aliphatic rings. The summed E-state index contributed by atoms with van der Waals surface area (Å²) in [7, 11) is 0. The molecule has 0 aromatic heterocycles. The quantitative estimate of drug-likeness (QED) is 0.0967. The Balaban J connectivity index is 5.33. The van der Waals surface area contributed by atoms with Crippen LogP contribution in [0, 0.1) is 29.6 Å². The summed E-state index contributed by atoms with van der Waals surface area (Å²) in [5, 5.41) is 0. The van der Waals surface area contributed by atoms with Gasteiger partial charge in [0.25, 0.3) is 0 Å². The highest BCUT2D eigenvalue weighted by atomic mass is 16.7. The molecule has 0 heterocycles. The van der Waals surface area contributed by atoms with E-state index < -0.39 is 43.4 Å². The van der Waals surface area contributed by atoms with Crippen LogP contribution in [0.15, 0.2) is 23.3 Å². The zero-order valence-electron chi connectivity index (χ0n) is 24.3. The molecule has 0 spiro atoms. The zero-order valence-corrected chi connectivity index (χ0v) is 24.3. The standard InChI is InChI=1S/C29H48O8/c1-10-19(2)11-20(3)12-21(4)13-22(5)14-23(6)15-27(29(33)37-18-35-26(9)31)16-24(7)28(32)36-17-34-25(8)30/h14-15,19-22,24H,10-13,16-18H2,1-9H3/b23-14+,27-15-. The van der Waals surface area contributed by atoms with Gasteiger partial charge in [-0.1, -0.05) is 59.6 Å². The molecule has 37 heavy (non-hydrogen) atoms. The van der Waals surface area contributed by atoms with Crippen LogP contribution in [0.1, 0.15) is 94.4 Å². The van der Waals surface area contributed by atoms with E-state index >= 15 is 0 Å². The molecular formula is C29H48O8. The smallest absolute Gasteiger partial charge is 0.336 e. The number of allylic oxidation sites excluding steroid dienone is 3. The molecule has 5 atom stereocenters. The maximum absolute atomic E-state index is 12.7. The summed E-state index contributed by atoms with van der Waals surface area (Å²) in [5.74, 6) is -0.838. The molecule has 0 fully saturated rings. The first-order valence-corrected chi connectivity index (χ1v) is 13.2. The summed E-state index contributed by atoms with van der Waals surface area (Å²) in [6.45, 7) is 16.2. The minimum Gasteiger partial charge on any atom is -0.428 e. The molecule has 0 aliphatic carbocycles. The maximum atomic E-state index is 12.7. The molecule has 0 aromatic carbocycles. The molecule has 0 amide bonds. The predicted molar refractivity (Wildman–Crippen MR) is 142 cm³/mol. The average Bonchev–Trinajstić information content (AvgIpc) is 2.77. The van der Waals surface area contributed by atoms with Crippen molar-refractivity contribution in [1.82, 2.24) is 0 Å². The molecule has 212 valence electrons. The first-order chi connectivity index (χ1) is 17.2. The molecule has 0 radical (unpaired) electrons. The van der Waals surface area contributed by atoms with Crippen LogP contribution in [0.2, 0.25) is 0 Å². The van der Waals surface area contributed by atoms with E-state index in [1.54, 1.807) is 13.0 Å². The number of ether oxygens (including phenoxy) is 4. The minimum atomic E-state index is -0.694. The van der Waals surface area contributed by atoms with E-state index in [1.807, 2.05) is 6.92 Å². The molecule has 0 rings (SSSR count). The largest absolute Gasteiger partial charge is 0.428 e. The Morgan fingerprint density at radius 3 is 1.76 bits per heavy atom. The van der Waals surface area contributed by atoms with Crippen molar-refractivity contribution >= 4 is 23.9 Å². The highest BCUT2D eigenvalue weighted by Gasteiger charge is 2.22. The first kappa shape index (κ1) is 34.4. The van der Waals surface area contributed by atoms with Crippen LogP contribution in [-0.2, 0) is 38.1 Å². The van der Waals surface area contributed by atoms with Gasteiger partial charge in [-0.3, -0.25) is 14.4 Å². The number of hydrogen-bond acceptors (Lipinski definition) is 8. The van der Waals surface area contributed by atoms with Crippen LogP contribution in [0.4, 0.5) is 0 Å². The van der Waals surface area contributed by atoms with E-state index in [4.69, 9.17) is 14.2 Å². The molecule has 0 bridgehead atoms. The number of carbonyl (C=O) groups excluding carboxylic acids is 4. The van der Waals surface area contributed by atoms with Crippen molar-refractivity contribution in [3.05, 3.63) is 23.3 Å². The average molecular weight is 525 g/mol. The molecule has 8 heteroatoms. The Hall–Kier alpha value is -2.64. The molecule has 0 saturated carbocycles. The second-order valence-electron chi connectivity index (χ2n) is 10.5. The van der Waals surface area contributed by atoms with Gasteiger partial charge in [0.2, 0.25) is 13.6 Å². The van der Waals surface area contributed by atoms with Gasteiger partial charge in [0.15, 0.2) is 0 Å². The van der Waals surface area contributed by atoms with Crippen LogP contribution >= 0.6 is 0 Å². The van der Waals surface area contributed by atoms with E-state index in [0.717, 1.165) is 17.9 Å². The molecule has 0 N–H and O–H groups in total. The highest BCUT2D eigenvalue weighted by molar-refractivity contribution is 5.90. The molecule has 0 aromatic rings. The Bertz CT molecular complexity index is 798. The van der Waals surface area contributed by atoms with E-state index in [2.05, 4.69) is 45.4 Å². The Labute approximate surface area is 223 Å². The molecule has 8 nitrogen and oxygen atoms in total. The summed E-state index contributed by atoms with van der Waals surface area (Å²) in [4.78, 5) is 46.8. The van der Waals surface area contributed by atoms with Gasteiger partial charge in [0.05, 0.1) is 5.92 Å². The third kappa shape index (κ3) is 17.5. The van der Waals surface area contributed by atoms with Crippen LogP contribution in [0.25, 0.3) is 0 Å². The number of rotatable bonds is 17. The molecule has 0 saturated heterocycles. The lowest BCUT2D eigenvalue weighted by atomic mass is 9.84. The summed E-state index contributed by atoms with van der Waals surface area (Å²) in [6.07, 6.45) is 8.50. The lowest BCUT2D eigenvalue weighted by Gasteiger charge is -2.21. The third-order valence-electron chi connectivity index (χ3n) is 6.14. The van der Waals surface area contributed by atoms with Gasteiger partial charge in [-0.05, 0) is 62.4 Å². The van der Waals surface area contributed by atoms with E-state index in [1.165, 1.54) is 33.1 Å². The fourth-order valence-electron chi connectivity index (χ4n) is 4.39. The molecular weight excluding hydrogens is 476 g/mol. The molecule has 0 aliphatic heterocycles. The maximum Gasteiger partial charge on any atom is 0.336 e. The monoisotopic (exact) mass is 524 g/mol. The van der Waals surface area contributed by atoms with Crippen LogP contribution in [-0.4, -0.2) is 37.5 Å². The van der Waals surface area contributed by atoms with Crippen molar-refractivity contribution in [2.24, 2.45) is 29.6 Å². The van der Waals surface area contributed by atoms with Gasteiger partial charge in [-0.15, -0.1) is 0 Å². The van der Waals surface area contributed by atoms with Gasteiger partial charge in [0.1, 0.15) is 0 Å². The Morgan fingerprint density at radius 2 is 1.22 bits per heavy atom. The van der Waals surface area contributed by atoms with Gasteiger partial charge in [-0.2, -0.15) is 0 Å². The Kier molecular flexibility index (Phi) is 17.3. The summed E-state index contributed by atoms with van der Waals surface area (Å²) < 4.78 is 19.3. The minimum absolute atomic E-state index is 0.0426. The Morgan fingerprint density at radius 1 is 0.703 bits per heavy atom. The van der Waals surface area contributed by atoms with Crippen molar-refractivity contribution in [2.75, 3.05) is 13.6 Å².